The molecule has 0 aliphatic heterocycles. The lowest BCUT2D eigenvalue weighted by Gasteiger charge is -2.32. The molecule has 108 valence electrons. The Kier molecular flexibility index (Phi) is 5.86. The average molecular weight is 265 g/mol. The van der Waals surface area contributed by atoms with E-state index in [2.05, 4.69) is 35.1 Å². The van der Waals surface area contributed by atoms with Gasteiger partial charge in [-0.2, -0.15) is 5.10 Å². The Morgan fingerprint density at radius 3 is 2.95 bits per heavy atom. The number of nitrogens with zero attached hydrogens (tertiary/aromatic N) is 2. The van der Waals surface area contributed by atoms with Gasteiger partial charge in [-0.3, -0.25) is 4.68 Å². The van der Waals surface area contributed by atoms with E-state index in [1.807, 2.05) is 12.3 Å². The molecule has 0 radical (unpaired) electrons. The Hall–Kier alpha value is -0.870. The summed E-state index contributed by atoms with van der Waals surface area (Å²) in [7, 11) is 0. The molecule has 1 heterocycles. The SMILES string of the molecule is CC(C)COCCN[C@H]1CCCC[C@H]1n1cccn1. The van der Waals surface area contributed by atoms with E-state index in [0.717, 1.165) is 19.8 Å². The third kappa shape index (κ3) is 4.62. The highest BCUT2D eigenvalue weighted by molar-refractivity contribution is 4.89. The quantitative estimate of drug-likeness (QED) is 0.770. The van der Waals surface area contributed by atoms with Crippen LogP contribution in [0, 0.1) is 5.92 Å². The zero-order chi connectivity index (χ0) is 13.5. The molecule has 0 amide bonds. The zero-order valence-electron chi connectivity index (χ0n) is 12.2. The van der Waals surface area contributed by atoms with Crippen molar-refractivity contribution in [3.63, 3.8) is 0 Å². The molecule has 4 nitrogen and oxygen atoms in total. The molecule has 0 unspecified atom stereocenters. The Morgan fingerprint density at radius 1 is 1.37 bits per heavy atom. The second kappa shape index (κ2) is 7.65. The number of ether oxygens (including phenoxy) is 1. The van der Waals surface area contributed by atoms with E-state index >= 15 is 0 Å². The van der Waals surface area contributed by atoms with Gasteiger partial charge in [0.05, 0.1) is 12.6 Å². The average Bonchev–Trinajstić information content (AvgIpc) is 2.92. The molecular weight excluding hydrogens is 238 g/mol. The molecular formula is C15H27N3O. The van der Waals surface area contributed by atoms with Gasteiger partial charge in [0, 0.05) is 31.6 Å². The van der Waals surface area contributed by atoms with Crippen LogP contribution in [0.1, 0.15) is 45.6 Å². The van der Waals surface area contributed by atoms with Gasteiger partial charge in [0.25, 0.3) is 0 Å². The molecule has 0 spiro atoms. The lowest BCUT2D eigenvalue weighted by molar-refractivity contribution is 0.106. The summed E-state index contributed by atoms with van der Waals surface area (Å²) in [5, 5.41) is 8.05. The molecule has 0 aromatic carbocycles. The minimum Gasteiger partial charge on any atom is -0.380 e. The maximum Gasteiger partial charge on any atom is 0.0672 e. The van der Waals surface area contributed by atoms with E-state index in [0.29, 0.717) is 18.0 Å². The number of hydrogen-bond donors (Lipinski definition) is 1. The summed E-state index contributed by atoms with van der Waals surface area (Å²) >= 11 is 0. The molecule has 19 heavy (non-hydrogen) atoms. The molecule has 4 heteroatoms. The molecule has 1 N–H and O–H groups in total. The van der Waals surface area contributed by atoms with Crippen LogP contribution in [0.3, 0.4) is 0 Å². The Morgan fingerprint density at radius 2 is 2.21 bits per heavy atom. The summed E-state index contributed by atoms with van der Waals surface area (Å²) < 4.78 is 7.74. The molecule has 0 saturated heterocycles. The molecule has 2 atom stereocenters. The van der Waals surface area contributed by atoms with Crippen LogP contribution in [0.5, 0.6) is 0 Å². The predicted molar refractivity (Wildman–Crippen MR) is 77.2 cm³/mol. The third-order valence-electron chi connectivity index (χ3n) is 3.70. The summed E-state index contributed by atoms with van der Waals surface area (Å²) in [4.78, 5) is 0. The molecule has 1 fully saturated rings. The van der Waals surface area contributed by atoms with E-state index in [-0.39, 0.29) is 0 Å². The van der Waals surface area contributed by atoms with Crippen molar-refractivity contribution in [2.24, 2.45) is 5.92 Å². The van der Waals surface area contributed by atoms with Crippen molar-refractivity contribution in [1.82, 2.24) is 15.1 Å². The van der Waals surface area contributed by atoms with Gasteiger partial charge in [-0.1, -0.05) is 26.7 Å². The van der Waals surface area contributed by atoms with E-state index < -0.39 is 0 Å². The Labute approximate surface area is 116 Å². The second-order valence-electron chi connectivity index (χ2n) is 5.87. The number of nitrogens with one attached hydrogen (secondary N) is 1. The summed E-state index contributed by atoms with van der Waals surface area (Å²) in [6, 6.07) is 3.06. The molecule has 1 aromatic rings. The van der Waals surface area contributed by atoms with Gasteiger partial charge in [-0.15, -0.1) is 0 Å². The van der Waals surface area contributed by atoms with Gasteiger partial charge in [0.2, 0.25) is 0 Å². The van der Waals surface area contributed by atoms with E-state index in [1.54, 1.807) is 0 Å². The maximum absolute atomic E-state index is 5.63. The van der Waals surface area contributed by atoms with Crippen LogP contribution in [-0.4, -0.2) is 35.6 Å². The van der Waals surface area contributed by atoms with Crippen LogP contribution in [0.25, 0.3) is 0 Å². The maximum atomic E-state index is 5.63. The molecule has 2 rings (SSSR count). The summed E-state index contributed by atoms with van der Waals surface area (Å²) in [6.45, 7) is 6.97. The summed E-state index contributed by atoms with van der Waals surface area (Å²) in [5.74, 6) is 0.617. The smallest absolute Gasteiger partial charge is 0.0672 e. The van der Waals surface area contributed by atoms with Crippen molar-refractivity contribution in [1.29, 1.82) is 0 Å². The van der Waals surface area contributed by atoms with Crippen molar-refractivity contribution in [2.75, 3.05) is 19.8 Å². The van der Waals surface area contributed by atoms with Crippen molar-refractivity contribution in [3.05, 3.63) is 18.5 Å². The molecule has 0 bridgehead atoms. The highest BCUT2D eigenvalue weighted by Crippen LogP contribution is 2.27. The number of hydrogen-bond acceptors (Lipinski definition) is 3. The molecule has 1 saturated carbocycles. The van der Waals surface area contributed by atoms with Crippen LogP contribution < -0.4 is 5.32 Å². The molecule has 1 aromatic heterocycles. The van der Waals surface area contributed by atoms with E-state index in [1.165, 1.54) is 25.7 Å². The van der Waals surface area contributed by atoms with Crippen LogP contribution in [0.15, 0.2) is 18.5 Å². The summed E-state index contributed by atoms with van der Waals surface area (Å²) in [5.41, 5.74) is 0. The number of aromatic nitrogens is 2. The first-order valence-electron chi connectivity index (χ1n) is 7.57. The van der Waals surface area contributed by atoms with Gasteiger partial charge in [-0.25, -0.2) is 0 Å². The highest BCUT2D eigenvalue weighted by Gasteiger charge is 2.26. The predicted octanol–water partition coefficient (Wildman–Crippen LogP) is 2.63. The molecule has 1 aliphatic rings. The standard InChI is InChI=1S/C15H27N3O/c1-13(2)12-19-11-9-16-14-6-3-4-7-15(14)18-10-5-8-17-18/h5,8,10,13-16H,3-4,6-7,9,11-12H2,1-2H3/t14-,15+/m0/s1. The van der Waals surface area contributed by atoms with Gasteiger partial charge < -0.3 is 10.1 Å². The topological polar surface area (TPSA) is 39.1 Å². The first-order chi connectivity index (χ1) is 9.27. The van der Waals surface area contributed by atoms with E-state index in [9.17, 15) is 0 Å². The van der Waals surface area contributed by atoms with E-state index in [4.69, 9.17) is 4.74 Å². The second-order valence-corrected chi connectivity index (χ2v) is 5.87. The first-order valence-corrected chi connectivity index (χ1v) is 7.57. The molecule has 1 aliphatic carbocycles. The van der Waals surface area contributed by atoms with Crippen LogP contribution in [0.2, 0.25) is 0 Å². The van der Waals surface area contributed by atoms with Gasteiger partial charge in [0.1, 0.15) is 0 Å². The van der Waals surface area contributed by atoms with Crippen molar-refractivity contribution in [2.45, 2.75) is 51.6 Å². The van der Waals surface area contributed by atoms with Crippen molar-refractivity contribution in [3.8, 4) is 0 Å². The number of rotatable bonds is 7. The lowest BCUT2D eigenvalue weighted by Crippen LogP contribution is -2.41. The van der Waals surface area contributed by atoms with Crippen molar-refractivity contribution >= 4 is 0 Å². The third-order valence-corrected chi connectivity index (χ3v) is 3.70. The Balaban J connectivity index is 1.74. The fraction of sp³-hybridized carbons (Fsp3) is 0.800. The summed E-state index contributed by atoms with van der Waals surface area (Å²) in [6.07, 6.45) is 9.06. The van der Waals surface area contributed by atoms with Gasteiger partial charge in [0.15, 0.2) is 0 Å². The van der Waals surface area contributed by atoms with Crippen LogP contribution in [-0.2, 0) is 4.74 Å². The van der Waals surface area contributed by atoms with Crippen molar-refractivity contribution < 1.29 is 4.74 Å². The highest BCUT2D eigenvalue weighted by atomic mass is 16.5. The van der Waals surface area contributed by atoms with Crippen LogP contribution in [0.4, 0.5) is 0 Å². The van der Waals surface area contributed by atoms with Gasteiger partial charge in [-0.05, 0) is 24.8 Å². The fourth-order valence-electron chi connectivity index (χ4n) is 2.78. The Bertz CT molecular complexity index is 337. The minimum absolute atomic E-state index is 0.508. The fourth-order valence-corrected chi connectivity index (χ4v) is 2.78. The van der Waals surface area contributed by atoms with Gasteiger partial charge >= 0.3 is 0 Å². The lowest BCUT2D eigenvalue weighted by atomic mass is 9.90. The normalized spacial score (nSPS) is 23.9. The largest absolute Gasteiger partial charge is 0.380 e. The monoisotopic (exact) mass is 265 g/mol. The first kappa shape index (κ1) is 14.5. The zero-order valence-corrected chi connectivity index (χ0v) is 12.2. The van der Waals surface area contributed by atoms with Crippen LogP contribution >= 0.6 is 0 Å². The minimum atomic E-state index is 0.508.